The molecule has 1 atom stereocenters. The zero-order valence-corrected chi connectivity index (χ0v) is 12.3. The van der Waals surface area contributed by atoms with Crippen LogP contribution >= 0.6 is 15.9 Å². The highest BCUT2D eigenvalue weighted by Crippen LogP contribution is 2.18. The maximum atomic E-state index is 13.0. The summed E-state index contributed by atoms with van der Waals surface area (Å²) < 4.78 is 18.3. The van der Waals surface area contributed by atoms with Crippen molar-refractivity contribution in [2.45, 2.75) is 26.3 Å². The minimum Gasteiger partial charge on any atom is -0.452 e. The van der Waals surface area contributed by atoms with Crippen molar-refractivity contribution in [3.8, 4) is 0 Å². The summed E-state index contributed by atoms with van der Waals surface area (Å²) in [5.41, 5.74) is 0.0522. The molecule has 0 saturated carbocycles. The van der Waals surface area contributed by atoms with Gasteiger partial charge in [-0.2, -0.15) is 0 Å². The summed E-state index contributed by atoms with van der Waals surface area (Å²) in [7, 11) is 0. The number of nitrogens with one attached hydrogen (secondary N) is 1. The summed E-state index contributed by atoms with van der Waals surface area (Å²) in [6, 6.07) is 3.70. The van der Waals surface area contributed by atoms with Gasteiger partial charge in [0.25, 0.3) is 5.91 Å². The molecule has 0 radical (unpaired) electrons. The van der Waals surface area contributed by atoms with E-state index in [-0.39, 0.29) is 24.1 Å². The van der Waals surface area contributed by atoms with Crippen molar-refractivity contribution in [3.05, 3.63) is 34.1 Å². The number of hydrogen-bond donors (Lipinski definition) is 1. The third-order valence-corrected chi connectivity index (χ3v) is 3.19. The van der Waals surface area contributed by atoms with Crippen LogP contribution in [-0.2, 0) is 9.53 Å². The molecule has 0 heterocycles. The van der Waals surface area contributed by atoms with Gasteiger partial charge in [0, 0.05) is 10.5 Å². The van der Waals surface area contributed by atoms with E-state index in [2.05, 4.69) is 21.2 Å². The summed E-state index contributed by atoms with van der Waals surface area (Å²) in [6.07, 6.45) is 0.787. The predicted octanol–water partition coefficient (Wildman–Crippen LogP) is 2.66. The van der Waals surface area contributed by atoms with Gasteiger partial charge < -0.3 is 10.1 Å². The Morgan fingerprint density at radius 3 is 2.79 bits per heavy atom. The second-order valence-electron chi connectivity index (χ2n) is 4.08. The first-order chi connectivity index (χ1) is 8.93. The maximum Gasteiger partial charge on any atom is 0.339 e. The number of amides is 1. The molecule has 1 aromatic carbocycles. The minimum absolute atomic E-state index is 0.0205. The Labute approximate surface area is 119 Å². The lowest BCUT2D eigenvalue weighted by atomic mass is 10.2. The molecule has 1 amide bonds. The number of esters is 1. The molecule has 6 heteroatoms. The van der Waals surface area contributed by atoms with Crippen LogP contribution in [0, 0.1) is 5.82 Å². The van der Waals surface area contributed by atoms with Gasteiger partial charge in [0.1, 0.15) is 5.82 Å². The van der Waals surface area contributed by atoms with Crippen molar-refractivity contribution in [1.29, 1.82) is 0 Å². The van der Waals surface area contributed by atoms with Gasteiger partial charge in [-0.15, -0.1) is 0 Å². The summed E-state index contributed by atoms with van der Waals surface area (Å²) in [5.74, 6) is -1.67. The molecule has 0 unspecified atom stereocenters. The van der Waals surface area contributed by atoms with Gasteiger partial charge >= 0.3 is 5.97 Å². The van der Waals surface area contributed by atoms with E-state index in [1.54, 1.807) is 0 Å². The molecular weight excluding hydrogens is 317 g/mol. The number of ether oxygens (including phenoxy) is 1. The third kappa shape index (κ3) is 4.98. The van der Waals surface area contributed by atoms with E-state index < -0.39 is 11.8 Å². The summed E-state index contributed by atoms with van der Waals surface area (Å²) in [6.45, 7) is 3.40. The number of benzene rings is 1. The van der Waals surface area contributed by atoms with Crippen molar-refractivity contribution in [2.75, 3.05) is 6.61 Å². The van der Waals surface area contributed by atoms with E-state index >= 15 is 0 Å². The lowest BCUT2D eigenvalue weighted by molar-refractivity contribution is -0.124. The first kappa shape index (κ1) is 15.6. The average molecular weight is 332 g/mol. The van der Waals surface area contributed by atoms with Crippen molar-refractivity contribution >= 4 is 27.8 Å². The molecule has 0 aliphatic heterocycles. The van der Waals surface area contributed by atoms with Crippen molar-refractivity contribution in [2.24, 2.45) is 0 Å². The van der Waals surface area contributed by atoms with Gasteiger partial charge in [0.05, 0.1) is 5.56 Å². The number of rotatable bonds is 5. The minimum atomic E-state index is -0.745. The standard InChI is InChI=1S/C13H15BrFNO3/c1-3-8(2)16-12(17)7-19-13(18)10-6-9(15)4-5-11(10)14/h4-6,8H,3,7H2,1-2H3,(H,16,17)/t8-/m1/s1. The highest BCUT2D eigenvalue weighted by atomic mass is 79.9. The molecule has 1 aromatic rings. The van der Waals surface area contributed by atoms with Crippen LogP contribution in [0.2, 0.25) is 0 Å². The van der Waals surface area contributed by atoms with Crippen LogP contribution in [0.1, 0.15) is 30.6 Å². The van der Waals surface area contributed by atoms with Crippen molar-refractivity contribution in [1.82, 2.24) is 5.32 Å². The summed E-state index contributed by atoms with van der Waals surface area (Å²) >= 11 is 3.12. The highest BCUT2D eigenvalue weighted by Gasteiger charge is 2.15. The maximum absolute atomic E-state index is 13.0. The normalized spacial score (nSPS) is 11.8. The number of carbonyl (C=O) groups is 2. The second-order valence-corrected chi connectivity index (χ2v) is 4.93. The van der Waals surface area contributed by atoms with Crippen LogP contribution in [0.5, 0.6) is 0 Å². The molecule has 0 aromatic heterocycles. The molecule has 1 rings (SSSR count). The van der Waals surface area contributed by atoms with Gasteiger partial charge in [-0.25, -0.2) is 9.18 Å². The zero-order valence-electron chi connectivity index (χ0n) is 10.7. The largest absolute Gasteiger partial charge is 0.452 e. The molecule has 19 heavy (non-hydrogen) atoms. The summed E-state index contributed by atoms with van der Waals surface area (Å²) in [5, 5.41) is 2.66. The van der Waals surface area contributed by atoms with E-state index in [9.17, 15) is 14.0 Å². The van der Waals surface area contributed by atoms with E-state index in [4.69, 9.17) is 4.74 Å². The lowest BCUT2D eigenvalue weighted by Gasteiger charge is -2.11. The SMILES string of the molecule is CC[C@@H](C)NC(=O)COC(=O)c1cc(F)ccc1Br. The Bertz CT molecular complexity index is 479. The van der Waals surface area contributed by atoms with E-state index in [1.165, 1.54) is 12.1 Å². The van der Waals surface area contributed by atoms with Gasteiger partial charge in [0.2, 0.25) is 0 Å². The van der Waals surface area contributed by atoms with Gasteiger partial charge in [-0.1, -0.05) is 6.92 Å². The van der Waals surface area contributed by atoms with Crippen LogP contribution in [0.25, 0.3) is 0 Å². The van der Waals surface area contributed by atoms with Crippen LogP contribution < -0.4 is 5.32 Å². The monoisotopic (exact) mass is 331 g/mol. The number of halogens is 2. The third-order valence-electron chi connectivity index (χ3n) is 2.50. The Balaban J connectivity index is 2.56. The predicted molar refractivity (Wildman–Crippen MR) is 72.3 cm³/mol. The van der Waals surface area contributed by atoms with Crippen LogP contribution in [0.3, 0.4) is 0 Å². The Kier molecular flexibility index (Phi) is 5.95. The Hall–Kier alpha value is -1.43. The average Bonchev–Trinajstić information content (AvgIpc) is 2.38. The molecule has 0 bridgehead atoms. The summed E-state index contributed by atoms with van der Waals surface area (Å²) in [4.78, 5) is 23.1. The fourth-order valence-electron chi connectivity index (χ4n) is 1.28. The van der Waals surface area contributed by atoms with Crippen molar-refractivity contribution < 1.29 is 18.7 Å². The van der Waals surface area contributed by atoms with Crippen LogP contribution in [-0.4, -0.2) is 24.5 Å². The smallest absolute Gasteiger partial charge is 0.339 e. The van der Waals surface area contributed by atoms with Gasteiger partial charge in [-0.3, -0.25) is 4.79 Å². The Morgan fingerprint density at radius 2 is 2.16 bits per heavy atom. The molecule has 104 valence electrons. The zero-order chi connectivity index (χ0) is 14.4. The second kappa shape index (κ2) is 7.23. The first-order valence-corrected chi connectivity index (χ1v) is 6.64. The lowest BCUT2D eigenvalue weighted by Crippen LogP contribution is -2.35. The quantitative estimate of drug-likeness (QED) is 0.844. The fraction of sp³-hybridized carbons (Fsp3) is 0.385. The topological polar surface area (TPSA) is 55.4 Å². The molecule has 0 saturated heterocycles. The van der Waals surface area contributed by atoms with Gasteiger partial charge in [-0.05, 0) is 47.5 Å². The molecule has 0 aliphatic rings. The molecule has 1 N–H and O–H groups in total. The molecule has 0 spiro atoms. The van der Waals surface area contributed by atoms with Crippen LogP contribution in [0.15, 0.2) is 22.7 Å². The highest BCUT2D eigenvalue weighted by molar-refractivity contribution is 9.10. The van der Waals surface area contributed by atoms with Crippen molar-refractivity contribution in [3.63, 3.8) is 0 Å². The Morgan fingerprint density at radius 1 is 1.47 bits per heavy atom. The first-order valence-electron chi connectivity index (χ1n) is 5.85. The van der Waals surface area contributed by atoms with E-state index in [1.807, 2.05) is 13.8 Å². The molecule has 0 aliphatic carbocycles. The van der Waals surface area contributed by atoms with E-state index in [0.29, 0.717) is 4.47 Å². The molecule has 0 fully saturated rings. The fourth-order valence-corrected chi connectivity index (χ4v) is 1.69. The van der Waals surface area contributed by atoms with Crippen LogP contribution in [0.4, 0.5) is 4.39 Å². The number of carbonyl (C=O) groups excluding carboxylic acids is 2. The molecular formula is C13H15BrFNO3. The number of hydrogen-bond acceptors (Lipinski definition) is 3. The van der Waals surface area contributed by atoms with E-state index in [0.717, 1.165) is 12.5 Å². The van der Waals surface area contributed by atoms with Gasteiger partial charge in [0.15, 0.2) is 6.61 Å². The molecule has 4 nitrogen and oxygen atoms in total.